The number of piperidine rings is 1. The minimum atomic E-state index is -0.357. The summed E-state index contributed by atoms with van der Waals surface area (Å²) < 4.78 is 0. The molecular weight excluding hydrogens is 368 g/mol. The number of amides is 1. The predicted molar refractivity (Wildman–Crippen MR) is 123 cm³/mol. The first-order chi connectivity index (χ1) is 14.5. The monoisotopic (exact) mass is 398 g/mol. The van der Waals surface area contributed by atoms with Crippen LogP contribution in [-0.2, 0) is 12.0 Å². The van der Waals surface area contributed by atoms with Crippen molar-refractivity contribution < 1.29 is 4.79 Å². The molecule has 0 radical (unpaired) electrons. The van der Waals surface area contributed by atoms with Crippen molar-refractivity contribution in [3.63, 3.8) is 0 Å². The lowest BCUT2D eigenvalue weighted by molar-refractivity contribution is 0.0996. The third-order valence-electron chi connectivity index (χ3n) is 6.84. The molecule has 1 amide bonds. The van der Waals surface area contributed by atoms with E-state index in [1.54, 1.807) is 6.07 Å². The Morgan fingerprint density at radius 1 is 1.00 bits per heavy atom. The van der Waals surface area contributed by atoms with E-state index in [0.29, 0.717) is 11.5 Å². The minimum Gasteiger partial charge on any atom is -0.366 e. The number of carbonyl (C=O) groups is 1. The number of nitrogens with zero attached hydrogens (tertiary/aromatic N) is 1. The van der Waals surface area contributed by atoms with Crippen molar-refractivity contribution in [1.29, 1.82) is 0 Å². The van der Waals surface area contributed by atoms with Crippen molar-refractivity contribution in [2.75, 3.05) is 13.1 Å². The van der Waals surface area contributed by atoms with E-state index in [2.05, 4.69) is 73.3 Å². The molecule has 3 nitrogen and oxygen atoms in total. The van der Waals surface area contributed by atoms with Crippen LogP contribution in [0.25, 0.3) is 11.1 Å². The lowest BCUT2D eigenvalue weighted by Gasteiger charge is -2.45. The molecule has 3 aromatic carbocycles. The minimum absolute atomic E-state index is 0.0547. The molecule has 1 fully saturated rings. The molecule has 0 saturated carbocycles. The molecule has 1 aliphatic heterocycles. The maximum absolute atomic E-state index is 11.6. The summed E-state index contributed by atoms with van der Waals surface area (Å²) in [6.07, 6.45) is 1.07. The fourth-order valence-corrected chi connectivity index (χ4v) is 4.61. The second-order valence-corrected chi connectivity index (χ2v) is 8.81. The Balaban J connectivity index is 1.43. The largest absolute Gasteiger partial charge is 0.366 e. The highest BCUT2D eigenvalue weighted by atomic mass is 16.1. The molecule has 0 spiro atoms. The summed E-state index contributed by atoms with van der Waals surface area (Å²) in [5.41, 5.74) is 11.2. The summed E-state index contributed by atoms with van der Waals surface area (Å²) in [5, 5.41) is 0. The number of nitrogens with two attached hydrogens (primary N) is 1. The van der Waals surface area contributed by atoms with Crippen LogP contribution in [0.15, 0.2) is 78.9 Å². The van der Waals surface area contributed by atoms with Crippen LogP contribution >= 0.6 is 0 Å². The number of hydrogen-bond acceptors (Lipinski definition) is 2. The third kappa shape index (κ3) is 4.17. The summed E-state index contributed by atoms with van der Waals surface area (Å²) in [4.78, 5) is 14.1. The van der Waals surface area contributed by atoms with Crippen molar-refractivity contribution in [2.24, 2.45) is 11.7 Å². The van der Waals surface area contributed by atoms with Gasteiger partial charge in [-0.1, -0.05) is 80.6 Å². The van der Waals surface area contributed by atoms with E-state index in [-0.39, 0.29) is 11.3 Å². The fraction of sp³-hybridized carbons (Fsp3) is 0.296. The number of benzene rings is 3. The second kappa shape index (κ2) is 8.45. The molecule has 3 aromatic rings. The zero-order chi connectivity index (χ0) is 21.1. The van der Waals surface area contributed by atoms with Gasteiger partial charge >= 0.3 is 0 Å². The molecule has 0 aromatic heterocycles. The van der Waals surface area contributed by atoms with Crippen LogP contribution in [0.1, 0.15) is 41.8 Å². The summed E-state index contributed by atoms with van der Waals surface area (Å²) in [6.45, 7) is 7.70. The average Bonchev–Trinajstić information content (AvgIpc) is 2.77. The van der Waals surface area contributed by atoms with Gasteiger partial charge in [0.2, 0.25) is 5.91 Å². The van der Waals surface area contributed by atoms with E-state index in [9.17, 15) is 4.79 Å². The van der Waals surface area contributed by atoms with Crippen LogP contribution in [0.2, 0.25) is 0 Å². The number of likely N-dealkylation sites (tertiary alicyclic amines) is 1. The van der Waals surface area contributed by atoms with Gasteiger partial charge in [-0.25, -0.2) is 0 Å². The SMILES string of the molecule is CC1CN(Cc2ccc(-c3ccccc3)cc2)CCC1(C)c1cccc(C(N)=O)c1. The Bertz CT molecular complexity index is 1010. The van der Waals surface area contributed by atoms with Gasteiger partial charge in [0.1, 0.15) is 0 Å². The van der Waals surface area contributed by atoms with Crippen molar-refractivity contribution in [3.05, 3.63) is 95.6 Å². The normalized spacial score (nSPS) is 22.0. The first kappa shape index (κ1) is 20.4. The highest BCUT2D eigenvalue weighted by Gasteiger charge is 2.38. The summed E-state index contributed by atoms with van der Waals surface area (Å²) in [7, 11) is 0. The van der Waals surface area contributed by atoms with E-state index in [0.717, 1.165) is 26.1 Å². The predicted octanol–water partition coefficient (Wildman–Crippen LogP) is 5.25. The van der Waals surface area contributed by atoms with Gasteiger partial charge in [-0.2, -0.15) is 0 Å². The van der Waals surface area contributed by atoms with E-state index < -0.39 is 0 Å². The van der Waals surface area contributed by atoms with Crippen molar-refractivity contribution in [2.45, 2.75) is 32.2 Å². The maximum Gasteiger partial charge on any atom is 0.248 e. The van der Waals surface area contributed by atoms with Gasteiger partial charge in [-0.15, -0.1) is 0 Å². The molecule has 1 heterocycles. The zero-order valence-corrected chi connectivity index (χ0v) is 17.8. The molecule has 0 aliphatic carbocycles. The highest BCUT2D eigenvalue weighted by molar-refractivity contribution is 5.92. The Labute approximate surface area is 179 Å². The standard InChI is InChI=1S/C27H30N2O/c1-20-18-29(16-15-27(20,2)25-10-6-9-24(17-25)26(28)30)19-21-11-13-23(14-12-21)22-7-4-3-5-8-22/h3-14,17,20H,15-16,18-19H2,1-2H3,(H2,28,30). The molecule has 154 valence electrons. The molecule has 0 bridgehead atoms. The Hall–Kier alpha value is -2.91. The Kier molecular flexibility index (Phi) is 5.74. The number of primary amides is 1. The maximum atomic E-state index is 11.6. The molecule has 30 heavy (non-hydrogen) atoms. The van der Waals surface area contributed by atoms with Crippen LogP contribution in [-0.4, -0.2) is 23.9 Å². The molecule has 2 atom stereocenters. The molecule has 3 heteroatoms. The van der Waals surface area contributed by atoms with Gasteiger partial charge in [0.05, 0.1) is 0 Å². The smallest absolute Gasteiger partial charge is 0.248 e. The summed E-state index contributed by atoms with van der Waals surface area (Å²) in [5.74, 6) is 0.127. The fourth-order valence-electron chi connectivity index (χ4n) is 4.61. The summed E-state index contributed by atoms with van der Waals surface area (Å²) in [6, 6.07) is 27.3. The van der Waals surface area contributed by atoms with E-state index >= 15 is 0 Å². The van der Waals surface area contributed by atoms with Gasteiger partial charge in [-0.05, 0) is 58.7 Å². The third-order valence-corrected chi connectivity index (χ3v) is 6.84. The lowest BCUT2D eigenvalue weighted by atomic mass is 9.68. The van der Waals surface area contributed by atoms with Gasteiger partial charge in [0.25, 0.3) is 0 Å². The number of carbonyl (C=O) groups excluding carboxylic acids is 1. The van der Waals surface area contributed by atoms with Crippen molar-refractivity contribution in [3.8, 4) is 11.1 Å². The lowest BCUT2D eigenvalue weighted by Crippen LogP contribution is -2.47. The van der Waals surface area contributed by atoms with E-state index in [1.807, 2.05) is 18.2 Å². The first-order valence-corrected chi connectivity index (χ1v) is 10.7. The number of hydrogen-bond donors (Lipinski definition) is 1. The van der Waals surface area contributed by atoms with Crippen molar-refractivity contribution in [1.82, 2.24) is 4.90 Å². The molecule has 2 N–H and O–H groups in total. The van der Waals surface area contributed by atoms with Gasteiger partial charge < -0.3 is 5.73 Å². The second-order valence-electron chi connectivity index (χ2n) is 8.81. The van der Waals surface area contributed by atoms with E-state index in [1.165, 1.54) is 22.3 Å². The Morgan fingerprint density at radius 3 is 2.37 bits per heavy atom. The van der Waals surface area contributed by atoms with Gasteiger partial charge in [0, 0.05) is 18.7 Å². The van der Waals surface area contributed by atoms with E-state index in [4.69, 9.17) is 5.73 Å². The van der Waals surface area contributed by atoms with Gasteiger partial charge in [0.15, 0.2) is 0 Å². The van der Waals surface area contributed by atoms with Crippen LogP contribution in [0.3, 0.4) is 0 Å². The van der Waals surface area contributed by atoms with Crippen molar-refractivity contribution >= 4 is 5.91 Å². The number of rotatable bonds is 5. The highest BCUT2D eigenvalue weighted by Crippen LogP contribution is 2.40. The zero-order valence-electron chi connectivity index (χ0n) is 17.8. The topological polar surface area (TPSA) is 46.3 Å². The molecule has 4 rings (SSSR count). The average molecular weight is 399 g/mol. The quantitative estimate of drug-likeness (QED) is 0.638. The molecule has 2 unspecified atom stereocenters. The van der Waals surface area contributed by atoms with Crippen LogP contribution in [0.4, 0.5) is 0 Å². The van der Waals surface area contributed by atoms with Crippen LogP contribution < -0.4 is 5.73 Å². The molecule has 1 aliphatic rings. The molecule has 1 saturated heterocycles. The van der Waals surface area contributed by atoms with Crippen LogP contribution in [0.5, 0.6) is 0 Å². The van der Waals surface area contributed by atoms with Crippen LogP contribution in [0, 0.1) is 5.92 Å². The summed E-state index contributed by atoms with van der Waals surface area (Å²) >= 11 is 0. The van der Waals surface area contributed by atoms with Gasteiger partial charge in [-0.3, -0.25) is 9.69 Å². The molecular formula is C27H30N2O. The Morgan fingerprint density at radius 2 is 1.70 bits per heavy atom. The first-order valence-electron chi connectivity index (χ1n) is 10.7.